The number of ether oxygens (including phenoxy) is 3. The standard InChI is InChI=1S/C17H16FN3O4/c1-22-13-6-10(7-14(23-2)16(13)24-3)8-15-20-17(21-25-15)12-5-4-11(18)9-19-12/h4-7,9H,8H2,1-3H3. The highest BCUT2D eigenvalue weighted by Crippen LogP contribution is 2.38. The topological polar surface area (TPSA) is 79.5 Å². The van der Waals surface area contributed by atoms with Gasteiger partial charge in [0.05, 0.1) is 33.9 Å². The number of methoxy groups -OCH3 is 3. The fourth-order valence-corrected chi connectivity index (χ4v) is 2.35. The summed E-state index contributed by atoms with van der Waals surface area (Å²) < 4.78 is 34.1. The van der Waals surface area contributed by atoms with Gasteiger partial charge in [-0.3, -0.25) is 0 Å². The molecule has 0 fully saturated rings. The van der Waals surface area contributed by atoms with Crippen molar-refractivity contribution in [2.24, 2.45) is 0 Å². The zero-order valence-electron chi connectivity index (χ0n) is 13.9. The molecule has 0 radical (unpaired) electrons. The molecule has 0 saturated carbocycles. The number of nitrogens with zero attached hydrogens (tertiary/aromatic N) is 3. The zero-order chi connectivity index (χ0) is 17.8. The van der Waals surface area contributed by atoms with Crippen molar-refractivity contribution in [3.05, 3.63) is 47.7 Å². The van der Waals surface area contributed by atoms with Crippen LogP contribution in [0.15, 0.2) is 35.0 Å². The average molecular weight is 345 g/mol. The molecule has 0 unspecified atom stereocenters. The monoisotopic (exact) mass is 345 g/mol. The van der Waals surface area contributed by atoms with Crippen molar-refractivity contribution < 1.29 is 23.1 Å². The van der Waals surface area contributed by atoms with Crippen molar-refractivity contribution in [2.75, 3.05) is 21.3 Å². The minimum atomic E-state index is -0.426. The molecule has 1 aromatic carbocycles. The summed E-state index contributed by atoms with van der Waals surface area (Å²) in [5, 5.41) is 3.87. The minimum absolute atomic E-state index is 0.294. The first-order chi connectivity index (χ1) is 12.1. The van der Waals surface area contributed by atoms with Crippen molar-refractivity contribution >= 4 is 0 Å². The highest BCUT2D eigenvalue weighted by Gasteiger charge is 2.16. The molecule has 25 heavy (non-hydrogen) atoms. The Morgan fingerprint density at radius 1 is 1.04 bits per heavy atom. The summed E-state index contributed by atoms with van der Waals surface area (Å²) >= 11 is 0. The average Bonchev–Trinajstić information content (AvgIpc) is 3.09. The van der Waals surface area contributed by atoms with E-state index in [1.54, 1.807) is 33.5 Å². The number of pyridine rings is 1. The van der Waals surface area contributed by atoms with Crippen LogP contribution in [0.4, 0.5) is 4.39 Å². The maximum atomic E-state index is 12.9. The van der Waals surface area contributed by atoms with Gasteiger partial charge < -0.3 is 18.7 Å². The first kappa shape index (κ1) is 16.7. The molecule has 0 aliphatic carbocycles. The number of halogens is 1. The third-order valence-electron chi connectivity index (χ3n) is 3.50. The smallest absolute Gasteiger partial charge is 0.231 e. The maximum Gasteiger partial charge on any atom is 0.231 e. The van der Waals surface area contributed by atoms with E-state index < -0.39 is 5.82 Å². The summed E-state index contributed by atoms with van der Waals surface area (Å²) in [6.45, 7) is 0. The Hall–Kier alpha value is -3.16. The van der Waals surface area contributed by atoms with Gasteiger partial charge in [-0.2, -0.15) is 4.98 Å². The fraction of sp³-hybridized carbons (Fsp3) is 0.235. The van der Waals surface area contributed by atoms with Gasteiger partial charge in [-0.1, -0.05) is 5.16 Å². The van der Waals surface area contributed by atoms with E-state index in [2.05, 4.69) is 15.1 Å². The van der Waals surface area contributed by atoms with Gasteiger partial charge in [-0.15, -0.1) is 0 Å². The van der Waals surface area contributed by atoms with Gasteiger partial charge in [0.25, 0.3) is 0 Å². The third-order valence-corrected chi connectivity index (χ3v) is 3.50. The van der Waals surface area contributed by atoms with E-state index in [9.17, 15) is 4.39 Å². The van der Waals surface area contributed by atoms with Crippen LogP contribution in [0.3, 0.4) is 0 Å². The van der Waals surface area contributed by atoms with Gasteiger partial charge in [-0.05, 0) is 29.8 Å². The summed E-state index contributed by atoms with van der Waals surface area (Å²) in [6, 6.07) is 6.39. The molecule has 130 valence electrons. The molecule has 2 heterocycles. The number of hydrogen-bond donors (Lipinski definition) is 0. The van der Waals surface area contributed by atoms with Crippen molar-refractivity contribution in [1.29, 1.82) is 0 Å². The lowest BCUT2D eigenvalue weighted by molar-refractivity contribution is 0.323. The molecule has 0 N–H and O–H groups in total. The highest BCUT2D eigenvalue weighted by molar-refractivity contribution is 5.54. The van der Waals surface area contributed by atoms with E-state index in [4.69, 9.17) is 18.7 Å². The summed E-state index contributed by atoms with van der Waals surface area (Å²) in [5.74, 6) is 1.84. The molecule has 0 aliphatic heterocycles. The molecule has 0 atom stereocenters. The normalized spacial score (nSPS) is 10.6. The molecular formula is C17H16FN3O4. The quantitative estimate of drug-likeness (QED) is 0.679. The molecule has 2 aromatic heterocycles. The van der Waals surface area contributed by atoms with Crippen LogP contribution < -0.4 is 14.2 Å². The number of rotatable bonds is 6. The molecule has 3 rings (SSSR count). The summed E-state index contributed by atoms with van der Waals surface area (Å²) in [4.78, 5) is 8.21. The van der Waals surface area contributed by atoms with Gasteiger partial charge in [0.1, 0.15) is 11.5 Å². The Labute approximate surface area is 143 Å². The fourth-order valence-electron chi connectivity index (χ4n) is 2.35. The molecule has 3 aromatic rings. The number of benzene rings is 1. The Bertz CT molecular complexity index is 840. The van der Waals surface area contributed by atoms with Crippen molar-refractivity contribution in [1.82, 2.24) is 15.1 Å². The summed E-state index contributed by atoms with van der Waals surface area (Å²) in [6.07, 6.45) is 1.47. The van der Waals surface area contributed by atoms with Crippen LogP contribution in [0.5, 0.6) is 17.2 Å². The van der Waals surface area contributed by atoms with Crippen molar-refractivity contribution in [2.45, 2.75) is 6.42 Å². The van der Waals surface area contributed by atoms with E-state index in [0.29, 0.717) is 41.1 Å². The number of aromatic nitrogens is 3. The minimum Gasteiger partial charge on any atom is -0.493 e. The second-order valence-corrected chi connectivity index (χ2v) is 5.08. The van der Waals surface area contributed by atoms with Crippen LogP contribution in [-0.4, -0.2) is 36.5 Å². The highest BCUT2D eigenvalue weighted by atomic mass is 19.1. The van der Waals surface area contributed by atoms with Gasteiger partial charge in [0, 0.05) is 0 Å². The predicted octanol–water partition coefficient (Wildman–Crippen LogP) is 2.89. The van der Waals surface area contributed by atoms with Crippen LogP contribution in [-0.2, 0) is 6.42 Å². The van der Waals surface area contributed by atoms with Crippen LogP contribution in [0.1, 0.15) is 11.5 Å². The second-order valence-electron chi connectivity index (χ2n) is 5.08. The van der Waals surface area contributed by atoms with Gasteiger partial charge in [-0.25, -0.2) is 9.37 Å². The Morgan fingerprint density at radius 3 is 2.32 bits per heavy atom. The van der Waals surface area contributed by atoms with Crippen LogP contribution in [0, 0.1) is 5.82 Å². The first-order valence-corrected chi connectivity index (χ1v) is 7.38. The predicted molar refractivity (Wildman–Crippen MR) is 86.4 cm³/mol. The van der Waals surface area contributed by atoms with Crippen LogP contribution >= 0.6 is 0 Å². The second kappa shape index (κ2) is 7.16. The molecule has 8 heteroatoms. The Kier molecular flexibility index (Phi) is 4.78. The Morgan fingerprint density at radius 2 is 1.76 bits per heavy atom. The maximum absolute atomic E-state index is 12.9. The lowest BCUT2D eigenvalue weighted by Crippen LogP contribution is -1.98. The van der Waals surface area contributed by atoms with Crippen LogP contribution in [0.25, 0.3) is 11.5 Å². The van der Waals surface area contributed by atoms with Gasteiger partial charge in [0.2, 0.25) is 17.5 Å². The lowest BCUT2D eigenvalue weighted by Gasteiger charge is -2.13. The van der Waals surface area contributed by atoms with Crippen molar-refractivity contribution in [3.63, 3.8) is 0 Å². The van der Waals surface area contributed by atoms with Gasteiger partial charge >= 0.3 is 0 Å². The SMILES string of the molecule is COc1cc(Cc2nc(-c3ccc(F)cn3)no2)cc(OC)c1OC. The van der Waals surface area contributed by atoms with Crippen molar-refractivity contribution in [3.8, 4) is 28.8 Å². The molecule has 0 spiro atoms. The molecule has 0 bridgehead atoms. The zero-order valence-corrected chi connectivity index (χ0v) is 13.9. The van der Waals surface area contributed by atoms with E-state index in [-0.39, 0.29) is 0 Å². The lowest BCUT2D eigenvalue weighted by atomic mass is 10.1. The number of hydrogen-bond acceptors (Lipinski definition) is 7. The summed E-state index contributed by atoms with van der Waals surface area (Å²) in [5.41, 5.74) is 1.28. The van der Waals surface area contributed by atoms with E-state index in [0.717, 1.165) is 11.8 Å². The molecule has 0 amide bonds. The largest absolute Gasteiger partial charge is 0.493 e. The van der Waals surface area contributed by atoms with E-state index in [1.165, 1.54) is 12.1 Å². The first-order valence-electron chi connectivity index (χ1n) is 7.38. The molecule has 0 aliphatic rings. The molecule has 0 saturated heterocycles. The summed E-state index contributed by atoms with van der Waals surface area (Å²) in [7, 11) is 4.64. The van der Waals surface area contributed by atoms with Gasteiger partial charge in [0.15, 0.2) is 11.5 Å². The Balaban J connectivity index is 1.86. The van der Waals surface area contributed by atoms with Crippen LogP contribution in [0.2, 0.25) is 0 Å². The molecular weight excluding hydrogens is 329 g/mol. The third kappa shape index (κ3) is 3.52. The molecule has 7 nitrogen and oxygen atoms in total. The van der Waals surface area contributed by atoms with E-state index >= 15 is 0 Å². The van der Waals surface area contributed by atoms with E-state index in [1.807, 2.05) is 0 Å².